The molecular weight excluding hydrogens is 495 g/mol. The van der Waals surface area contributed by atoms with Gasteiger partial charge in [0.15, 0.2) is 5.60 Å². The number of halogens is 2. The second-order valence-electron chi connectivity index (χ2n) is 10.3. The van der Waals surface area contributed by atoms with Crippen LogP contribution in [0.15, 0.2) is 36.4 Å². The number of piperidine rings is 1. The van der Waals surface area contributed by atoms with Crippen molar-refractivity contribution in [2.75, 3.05) is 52.3 Å². The fourth-order valence-corrected chi connectivity index (χ4v) is 5.63. The molecule has 37 heavy (non-hydrogen) atoms. The molecule has 0 unspecified atom stereocenters. The Kier molecular flexibility index (Phi) is 8.70. The number of benzene rings is 1. The molecule has 1 aromatic heterocycles. The largest absolute Gasteiger partial charge is 0.360 e. The molecule has 0 N–H and O–H groups in total. The van der Waals surface area contributed by atoms with Crippen LogP contribution in [0.5, 0.6) is 0 Å². The zero-order valence-corrected chi connectivity index (χ0v) is 22.6. The molecule has 200 valence electrons. The number of anilines is 1. The summed E-state index contributed by atoms with van der Waals surface area (Å²) in [6, 6.07) is 10.0. The highest BCUT2D eigenvalue weighted by Gasteiger charge is 2.47. The second kappa shape index (κ2) is 11.8. The molecule has 2 aromatic rings. The first-order valence-electron chi connectivity index (χ1n) is 13.0. The molecule has 0 spiro atoms. The second-order valence-corrected chi connectivity index (χ2v) is 10.6. The van der Waals surface area contributed by atoms with Crippen molar-refractivity contribution in [3.63, 3.8) is 0 Å². The molecule has 0 saturated carbocycles. The molecule has 0 aliphatic carbocycles. The molecule has 4 rings (SSSR count). The highest BCUT2D eigenvalue weighted by Crippen LogP contribution is 2.39. The molecule has 2 saturated heterocycles. The van der Waals surface area contributed by atoms with Crippen LogP contribution in [-0.4, -0.2) is 74.0 Å². The maximum absolute atomic E-state index is 14.6. The number of carbonyl (C=O) groups excluding carboxylic acids is 2. The number of amides is 2. The highest BCUT2D eigenvalue weighted by atomic mass is 35.5. The third-order valence-corrected chi connectivity index (χ3v) is 7.83. The molecule has 3 heterocycles. The molecule has 0 bridgehead atoms. The number of hydrogen-bond donors (Lipinski definition) is 0. The van der Waals surface area contributed by atoms with Crippen LogP contribution in [-0.2, 0) is 15.1 Å². The predicted molar refractivity (Wildman–Crippen MR) is 142 cm³/mol. The molecular formula is C28H36ClFN4O3. The van der Waals surface area contributed by atoms with Crippen LogP contribution in [0.1, 0.15) is 54.4 Å². The lowest BCUT2D eigenvalue weighted by Gasteiger charge is -2.34. The Morgan fingerprint density at radius 1 is 1.16 bits per heavy atom. The Morgan fingerprint density at radius 2 is 1.89 bits per heavy atom. The van der Waals surface area contributed by atoms with Gasteiger partial charge in [0.05, 0.1) is 5.56 Å². The number of aromatic nitrogens is 1. The van der Waals surface area contributed by atoms with E-state index in [9.17, 15) is 14.0 Å². The molecule has 2 aliphatic heterocycles. The Balaban J connectivity index is 1.27. The smallest absolute Gasteiger partial charge is 0.259 e. The molecule has 1 aromatic carbocycles. The van der Waals surface area contributed by atoms with Crippen molar-refractivity contribution in [3.05, 3.63) is 58.5 Å². The average molecular weight is 531 g/mol. The lowest BCUT2D eigenvalue weighted by atomic mass is 9.88. The van der Waals surface area contributed by atoms with Crippen LogP contribution in [0.4, 0.5) is 10.2 Å². The minimum absolute atomic E-state index is 0.162. The third-order valence-electron chi connectivity index (χ3n) is 7.54. The highest BCUT2D eigenvalue weighted by molar-refractivity contribution is 6.32. The van der Waals surface area contributed by atoms with Gasteiger partial charge in [-0.05, 0) is 62.6 Å². The lowest BCUT2D eigenvalue weighted by molar-refractivity contribution is -0.153. The van der Waals surface area contributed by atoms with Gasteiger partial charge < -0.3 is 19.4 Å². The zero-order chi connectivity index (χ0) is 26.6. The molecule has 1 atom stereocenters. The van der Waals surface area contributed by atoms with Crippen LogP contribution in [0, 0.1) is 11.7 Å². The predicted octanol–water partition coefficient (Wildman–Crippen LogP) is 4.74. The van der Waals surface area contributed by atoms with Crippen molar-refractivity contribution in [3.8, 4) is 0 Å². The van der Waals surface area contributed by atoms with E-state index >= 15 is 0 Å². The van der Waals surface area contributed by atoms with Gasteiger partial charge >= 0.3 is 0 Å². The zero-order valence-electron chi connectivity index (χ0n) is 21.9. The fourth-order valence-electron chi connectivity index (χ4n) is 5.40. The van der Waals surface area contributed by atoms with E-state index in [1.165, 1.54) is 11.0 Å². The number of rotatable bonds is 8. The van der Waals surface area contributed by atoms with Crippen LogP contribution in [0.25, 0.3) is 0 Å². The van der Waals surface area contributed by atoms with E-state index in [1.54, 1.807) is 50.3 Å². The van der Waals surface area contributed by atoms with Crippen LogP contribution >= 0.6 is 11.6 Å². The monoisotopic (exact) mass is 530 g/mol. The van der Waals surface area contributed by atoms with Crippen molar-refractivity contribution in [1.82, 2.24) is 14.8 Å². The average Bonchev–Trinajstić information content (AvgIpc) is 3.39. The first-order valence-corrected chi connectivity index (χ1v) is 13.4. The summed E-state index contributed by atoms with van der Waals surface area (Å²) >= 11 is 6.30. The summed E-state index contributed by atoms with van der Waals surface area (Å²) in [6.07, 6.45) is 5.18. The van der Waals surface area contributed by atoms with Crippen molar-refractivity contribution >= 4 is 29.2 Å². The van der Waals surface area contributed by atoms with E-state index in [0.717, 1.165) is 51.0 Å². The van der Waals surface area contributed by atoms with E-state index in [-0.39, 0.29) is 17.0 Å². The SMILES string of the molecule is CN(C)C(=O)c1ccc(N2CCC(CCCN(C)C(=O)[C@]3(c4ccccc4F)CCCO3)CC2)nc1Cl. The van der Waals surface area contributed by atoms with Gasteiger partial charge in [0, 0.05) is 52.9 Å². The van der Waals surface area contributed by atoms with Gasteiger partial charge in [-0.2, -0.15) is 0 Å². The summed E-state index contributed by atoms with van der Waals surface area (Å²) in [5, 5.41) is 0.227. The third kappa shape index (κ3) is 5.91. The maximum atomic E-state index is 14.6. The first kappa shape index (κ1) is 27.3. The van der Waals surface area contributed by atoms with Crippen molar-refractivity contribution in [2.45, 2.75) is 44.1 Å². The quantitative estimate of drug-likeness (QED) is 0.461. The summed E-state index contributed by atoms with van der Waals surface area (Å²) in [5.74, 6) is 0.634. The van der Waals surface area contributed by atoms with Crippen molar-refractivity contribution in [2.24, 2.45) is 5.92 Å². The molecule has 2 fully saturated rings. The van der Waals surface area contributed by atoms with Gasteiger partial charge in [0.2, 0.25) is 0 Å². The van der Waals surface area contributed by atoms with E-state index in [2.05, 4.69) is 9.88 Å². The minimum atomic E-state index is -1.22. The standard InChI is InChI=1S/C28H36ClFN4O3/c1-32(2)26(35)21-11-12-24(31-25(21)29)34-17-13-20(14-18-34)8-6-16-33(3)27(36)28(15-7-19-37-28)22-9-4-5-10-23(22)30/h4-5,9-12,20H,6-8,13-19H2,1-3H3/t28-/m1/s1. The number of ether oxygens (including phenoxy) is 1. The van der Waals surface area contributed by atoms with E-state index in [1.807, 2.05) is 6.07 Å². The minimum Gasteiger partial charge on any atom is -0.360 e. The number of likely N-dealkylation sites (N-methyl/N-ethyl adjacent to an activating group) is 1. The normalized spacial score (nSPS) is 20.2. The summed E-state index contributed by atoms with van der Waals surface area (Å²) in [7, 11) is 5.17. The van der Waals surface area contributed by atoms with Gasteiger partial charge in [-0.25, -0.2) is 9.37 Å². The van der Waals surface area contributed by atoms with Crippen LogP contribution in [0.2, 0.25) is 5.15 Å². The van der Waals surface area contributed by atoms with Crippen molar-refractivity contribution < 1.29 is 18.7 Å². The van der Waals surface area contributed by atoms with Crippen molar-refractivity contribution in [1.29, 1.82) is 0 Å². The summed E-state index contributed by atoms with van der Waals surface area (Å²) in [5.41, 5.74) is -0.472. The van der Waals surface area contributed by atoms with E-state index < -0.39 is 11.4 Å². The molecule has 0 radical (unpaired) electrons. The van der Waals surface area contributed by atoms with Gasteiger partial charge in [-0.15, -0.1) is 0 Å². The maximum Gasteiger partial charge on any atom is 0.259 e. The number of pyridine rings is 1. The Bertz CT molecular complexity index is 1110. The summed E-state index contributed by atoms with van der Waals surface area (Å²) in [4.78, 5) is 35.5. The Morgan fingerprint density at radius 3 is 2.51 bits per heavy atom. The Hall–Kier alpha value is -2.71. The molecule has 2 aliphatic rings. The van der Waals surface area contributed by atoms with Crippen LogP contribution < -0.4 is 4.90 Å². The molecule has 9 heteroatoms. The van der Waals surface area contributed by atoms with Gasteiger partial charge in [-0.1, -0.05) is 29.8 Å². The van der Waals surface area contributed by atoms with E-state index in [4.69, 9.17) is 16.3 Å². The Labute approximate surface area is 223 Å². The first-order chi connectivity index (χ1) is 17.7. The number of nitrogens with zero attached hydrogens (tertiary/aromatic N) is 4. The van der Waals surface area contributed by atoms with Gasteiger partial charge in [-0.3, -0.25) is 9.59 Å². The topological polar surface area (TPSA) is 66.0 Å². The van der Waals surface area contributed by atoms with E-state index in [0.29, 0.717) is 36.6 Å². The lowest BCUT2D eigenvalue weighted by Crippen LogP contribution is -2.46. The summed E-state index contributed by atoms with van der Waals surface area (Å²) in [6.45, 7) is 2.81. The van der Waals surface area contributed by atoms with Crippen LogP contribution in [0.3, 0.4) is 0 Å². The molecule has 2 amide bonds. The number of carbonyl (C=O) groups is 2. The molecule has 7 nitrogen and oxygen atoms in total. The fraction of sp³-hybridized carbons (Fsp3) is 0.536. The van der Waals surface area contributed by atoms with Gasteiger partial charge in [0.1, 0.15) is 16.8 Å². The summed E-state index contributed by atoms with van der Waals surface area (Å²) < 4.78 is 20.5. The number of hydrogen-bond acceptors (Lipinski definition) is 5. The van der Waals surface area contributed by atoms with Gasteiger partial charge in [0.25, 0.3) is 11.8 Å².